The van der Waals surface area contributed by atoms with Gasteiger partial charge in [-0.3, -0.25) is 9.59 Å². The number of para-hydroxylation sites is 1. The van der Waals surface area contributed by atoms with E-state index in [9.17, 15) is 18.4 Å². The van der Waals surface area contributed by atoms with Crippen LogP contribution in [0.4, 0.5) is 8.78 Å². The zero-order valence-corrected chi connectivity index (χ0v) is 14.9. The summed E-state index contributed by atoms with van der Waals surface area (Å²) in [5.41, 5.74) is 0.431. The van der Waals surface area contributed by atoms with Gasteiger partial charge in [0.05, 0.1) is 12.1 Å². The topological polar surface area (TPSA) is 101 Å². The summed E-state index contributed by atoms with van der Waals surface area (Å²) in [6, 6.07) is 8.23. The number of hydrogen-bond acceptors (Lipinski definition) is 5. The highest BCUT2D eigenvalue weighted by Gasteiger charge is 2.36. The third kappa shape index (κ3) is 3.78. The number of fused-ring (bicyclic) bond motifs is 1. The minimum Gasteiger partial charge on any atom is -0.343 e. The van der Waals surface area contributed by atoms with E-state index in [1.54, 1.807) is 24.3 Å². The van der Waals surface area contributed by atoms with E-state index < -0.39 is 11.8 Å². The smallest absolute Gasteiger partial charge is 0.252 e. The van der Waals surface area contributed by atoms with Gasteiger partial charge in [-0.05, 0) is 18.9 Å². The number of carbonyl (C=O) groups excluding carboxylic acids is 1. The Balaban J connectivity index is 1.44. The van der Waals surface area contributed by atoms with Crippen LogP contribution in [-0.4, -0.2) is 27.0 Å². The van der Waals surface area contributed by atoms with Gasteiger partial charge in [0.25, 0.3) is 5.91 Å². The van der Waals surface area contributed by atoms with Crippen molar-refractivity contribution in [2.24, 2.45) is 0 Å². The predicted molar refractivity (Wildman–Crippen MR) is 96.2 cm³/mol. The molecule has 0 atom stereocenters. The van der Waals surface area contributed by atoms with E-state index in [2.05, 4.69) is 20.4 Å². The Labute approximate surface area is 158 Å². The van der Waals surface area contributed by atoms with Crippen LogP contribution in [0.3, 0.4) is 0 Å². The molecule has 146 valence electrons. The summed E-state index contributed by atoms with van der Waals surface area (Å²) in [4.78, 5) is 31.2. The first-order chi connectivity index (χ1) is 13.4. The number of H-pyrrole nitrogens is 1. The highest BCUT2D eigenvalue weighted by atomic mass is 19.3. The lowest BCUT2D eigenvalue weighted by molar-refractivity contribution is -0.0389. The highest BCUT2D eigenvalue weighted by molar-refractivity contribution is 6.05. The van der Waals surface area contributed by atoms with Crippen LogP contribution in [0, 0.1) is 0 Å². The molecule has 0 bridgehead atoms. The fourth-order valence-electron chi connectivity index (χ4n) is 3.45. The first-order valence-electron chi connectivity index (χ1n) is 9.02. The van der Waals surface area contributed by atoms with Crippen molar-refractivity contribution in [3.05, 3.63) is 58.0 Å². The number of aromatic amines is 1. The van der Waals surface area contributed by atoms with Crippen molar-refractivity contribution in [1.29, 1.82) is 0 Å². The van der Waals surface area contributed by atoms with Gasteiger partial charge in [0.2, 0.25) is 17.4 Å². The maximum atomic E-state index is 13.3. The lowest BCUT2D eigenvalue weighted by atomic mass is 9.86. The van der Waals surface area contributed by atoms with Crippen LogP contribution in [0.25, 0.3) is 10.9 Å². The van der Waals surface area contributed by atoms with Gasteiger partial charge in [0.1, 0.15) is 0 Å². The van der Waals surface area contributed by atoms with Crippen molar-refractivity contribution < 1.29 is 18.1 Å². The van der Waals surface area contributed by atoms with Crippen LogP contribution in [0.5, 0.6) is 0 Å². The van der Waals surface area contributed by atoms with Crippen LogP contribution in [0.15, 0.2) is 39.6 Å². The molecule has 1 aliphatic carbocycles. The largest absolute Gasteiger partial charge is 0.343 e. The zero-order chi connectivity index (χ0) is 19.7. The summed E-state index contributed by atoms with van der Waals surface area (Å²) in [5, 5.41) is 7.14. The Kier molecular flexibility index (Phi) is 4.66. The number of halogens is 2. The fourth-order valence-corrected chi connectivity index (χ4v) is 3.45. The second kappa shape index (κ2) is 7.14. The van der Waals surface area contributed by atoms with Gasteiger partial charge in [-0.1, -0.05) is 23.4 Å². The molecule has 9 heteroatoms. The molecule has 0 radical (unpaired) electrons. The molecular weight excluding hydrogens is 370 g/mol. The Hall–Kier alpha value is -3.10. The molecule has 1 aliphatic rings. The third-order valence-corrected chi connectivity index (χ3v) is 4.96. The number of nitrogens with zero attached hydrogens (tertiary/aromatic N) is 2. The van der Waals surface area contributed by atoms with Crippen molar-refractivity contribution in [1.82, 2.24) is 20.4 Å². The molecule has 1 fully saturated rings. The molecule has 1 saturated carbocycles. The average Bonchev–Trinajstić information content (AvgIpc) is 3.14. The molecule has 1 amide bonds. The van der Waals surface area contributed by atoms with Gasteiger partial charge < -0.3 is 14.8 Å². The highest BCUT2D eigenvalue weighted by Crippen LogP contribution is 2.39. The van der Waals surface area contributed by atoms with Crippen molar-refractivity contribution in [2.75, 3.05) is 0 Å². The first-order valence-corrected chi connectivity index (χ1v) is 9.02. The summed E-state index contributed by atoms with van der Waals surface area (Å²) in [6.45, 7) is -0.0180. The average molecular weight is 388 g/mol. The van der Waals surface area contributed by atoms with Gasteiger partial charge in [-0.2, -0.15) is 4.98 Å². The van der Waals surface area contributed by atoms with Crippen molar-refractivity contribution >= 4 is 16.8 Å². The van der Waals surface area contributed by atoms with Gasteiger partial charge in [-0.25, -0.2) is 8.78 Å². The number of amides is 1. The number of nitrogens with one attached hydrogen (secondary N) is 2. The quantitative estimate of drug-likeness (QED) is 0.715. The molecule has 3 aromatic rings. The van der Waals surface area contributed by atoms with E-state index >= 15 is 0 Å². The van der Waals surface area contributed by atoms with Crippen molar-refractivity contribution in [2.45, 2.75) is 44.1 Å². The SMILES string of the molecule is O=C(NCc1nc(C2CCC(F)(F)CC2)no1)c1cc(=O)[nH]c2ccccc12. The standard InChI is InChI=1S/C19H18F2N4O3/c20-19(21)7-5-11(6-8-19)17-24-16(28-25-17)10-22-18(27)13-9-15(26)23-14-4-2-1-3-12(13)14/h1-4,9,11H,5-8,10H2,(H,22,27)(H,23,26). The molecular formula is C19H18F2N4O3. The molecule has 1 aromatic carbocycles. The normalized spacial score (nSPS) is 16.9. The van der Waals surface area contributed by atoms with Crippen LogP contribution in [-0.2, 0) is 6.54 Å². The van der Waals surface area contributed by atoms with E-state index in [0.29, 0.717) is 29.6 Å². The van der Waals surface area contributed by atoms with E-state index in [-0.39, 0.29) is 42.3 Å². The zero-order valence-electron chi connectivity index (χ0n) is 14.9. The van der Waals surface area contributed by atoms with Crippen LogP contribution in [0.2, 0.25) is 0 Å². The maximum Gasteiger partial charge on any atom is 0.252 e. The summed E-state index contributed by atoms with van der Waals surface area (Å²) < 4.78 is 31.7. The summed E-state index contributed by atoms with van der Waals surface area (Å²) in [7, 11) is 0. The van der Waals surface area contributed by atoms with E-state index in [1.165, 1.54) is 6.07 Å². The molecule has 4 rings (SSSR count). The molecule has 0 spiro atoms. The molecule has 2 N–H and O–H groups in total. The summed E-state index contributed by atoms with van der Waals surface area (Å²) in [5.74, 6) is -2.65. The van der Waals surface area contributed by atoms with Crippen LogP contribution in [0.1, 0.15) is 53.7 Å². The third-order valence-electron chi connectivity index (χ3n) is 4.96. The number of benzene rings is 1. The lowest BCUT2D eigenvalue weighted by Gasteiger charge is -2.26. The molecule has 7 nitrogen and oxygen atoms in total. The predicted octanol–water partition coefficient (Wildman–Crippen LogP) is 3.13. The molecule has 28 heavy (non-hydrogen) atoms. The monoisotopic (exact) mass is 388 g/mol. The van der Waals surface area contributed by atoms with Gasteiger partial charge in [0, 0.05) is 35.7 Å². The van der Waals surface area contributed by atoms with Crippen LogP contribution >= 0.6 is 0 Å². The Morgan fingerprint density at radius 3 is 2.82 bits per heavy atom. The number of rotatable bonds is 4. The minimum atomic E-state index is -2.62. The summed E-state index contributed by atoms with van der Waals surface area (Å²) >= 11 is 0. The molecule has 0 aliphatic heterocycles. The van der Waals surface area contributed by atoms with E-state index in [4.69, 9.17) is 4.52 Å². The molecule has 0 unspecified atom stereocenters. The Bertz CT molecular complexity index is 1070. The number of aromatic nitrogens is 3. The second-order valence-electron chi connectivity index (χ2n) is 6.95. The van der Waals surface area contributed by atoms with E-state index in [1.807, 2.05) is 0 Å². The number of hydrogen-bond donors (Lipinski definition) is 2. The molecule has 2 heterocycles. The van der Waals surface area contributed by atoms with Crippen molar-refractivity contribution in [3.63, 3.8) is 0 Å². The summed E-state index contributed by atoms with van der Waals surface area (Å²) in [6.07, 6.45) is 0.232. The van der Waals surface area contributed by atoms with Crippen LogP contribution < -0.4 is 10.9 Å². The lowest BCUT2D eigenvalue weighted by Crippen LogP contribution is -2.25. The van der Waals surface area contributed by atoms with Gasteiger partial charge in [0.15, 0.2) is 5.82 Å². The van der Waals surface area contributed by atoms with Gasteiger partial charge >= 0.3 is 0 Å². The number of pyridine rings is 1. The first kappa shape index (κ1) is 18.3. The molecule has 2 aromatic heterocycles. The second-order valence-corrected chi connectivity index (χ2v) is 6.95. The Morgan fingerprint density at radius 2 is 2.04 bits per heavy atom. The maximum absolute atomic E-state index is 13.3. The van der Waals surface area contributed by atoms with E-state index in [0.717, 1.165) is 0 Å². The minimum absolute atomic E-state index is 0.0180. The van der Waals surface area contributed by atoms with Gasteiger partial charge in [-0.15, -0.1) is 0 Å². The fraction of sp³-hybridized carbons (Fsp3) is 0.368. The number of carbonyl (C=O) groups is 1. The Morgan fingerprint density at radius 1 is 1.29 bits per heavy atom. The van der Waals surface area contributed by atoms with Crippen molar-refractivity contribution in [3.8, 4) is 0 Å². The molecule has 0 saturated heterocycles. The number of alkyl halides is 2.